The fourth-order valence-electron chi connectivity index (χ4n) is 3.59. The van der Waals surface area contributed by atoms with Gasteiger partial charge in [0.05, 0.1) is 7.11 Å². The molecule has 1 saturated carbocycles. The van der Waals surface area contributed by atoms with Gasteiger partial charge < -0.3 is 10.5 Å². The van der Waals surface area contributed by atoms with Gasteiger partial charge >= 0.3 is 0 Å². The Labute approximate surface area is 129 Å². The van der Waals surface area contributed by atoms with E-state index in [4.69, 9.17) is 10.5 Å². The van der Waals surface area contributed by atoms with Crippen LogP contribution in [-0.4, -0.2) is 31.6 Å². The molecule has 0 aliphatic heterocycles. The summed E-state index contributed by atoms with van der Waals surface area (Å²) in [5.41, 5.74) is 7.70. The van der Waals surface area contributed by atoms with Gasteiger partial charge in [-0.05, 0) is 49.9 Å². The monoisotopic (exact) mass is 290 g/mol. The van der Waals surface area contributed by atoms with Crippen molar-refractivity contribution >= 4 is 0 Å². The largest absolute Gasteiger partial charge is 0.497 e. The Morgan fingerprint density at radius 1 is 1.33 bits per heavy atom. The lowest BCUT2D eigenvalue weighted by molar-refractivity contribution is 0.180. The maximum Gasteiger partial charge on any atom is 0.119 e. The molecule has 1 aromatic carbocycles. The van der Waals surface area contributed by atoms with Gasteiger partial charge in [0, 0.05) is 18.6 Å². The zero-order valence-electron chi connectivity index (χ0n) is 13.7. The van der Waals surface area contributed by atoms with Crippen LogP contribution in [0.5, 0.6) is 5.75 Å². The smallest absolute Gasteiger partial charge is 0.119 e. The minimum absolute atomic E-state index is 0.156. The topological polar surface area (TPSA) is 38.5 Å². The normalized spacial score (nSPS) is 18.9. The third-order valence-corrected chi connectivity index (χ3v) is 4.81. The molecule has 1 aliphatic rings. The summed E-state index contributed by atoms with van der Waals surface area (Å²) in [7, 11) is 3.94. The van der Waals surface area contributed by atoms with Gasteiger partial charge in [0.1, 0.15) is 5.75 Å². The molecular weight excluding hydrogens is 260 g/mol. The third-order valence-electron chi connectivity index (χ3n) is 4.81. The third kappa shape index (κ3) is 4.21. The molecule has 118 valence electrons. The number of rotatable bonds is 7. The highest BCUT2D eigenvalue weighted by molar-refractivity contribution is 5.31. The van der Waals surface area contributed by atoms with E-state index in [-0.39, 0.29) is 12.1 Å². The van der Waals surface area contributed by atoms with Crippen LogP contribution in [0.4, 0.5) is 0 Å². The van der Waals surface area contributed by atoms with E-state index in [0.717, 1.165) is 24.6 Å². The first kappa shape index (κ1) is 16.3. The zero-order valence-corrected chi connectivity index (χ0v) is 13.7. The molecule has 1 fully saturated rings. The zero-order chi connectivity index (χ0) is 15.2. The Hall–Kier alpha value is -1.06. The van der Waals surface area contributed by atoms with E-state index in [0.29, 0.717) is 0 Å². The molecule has 0 radical (unpaired) electrons. The number of nitrogens with two attached hydrogens (primary N) is 1. The minimum Gasteiger partial charge on any atom is -0.497 e. The van der Waals surface area contributed by atoms with Crippen LogP contribution in [-0.2, 0) is 0 Å². The number of methoxy groups -OCH3 is 1. The van der Waals surface area contributed by atoms with Crippen molar-refractivity contribution in [3.05, 3.63) is 29.8 Å². The van der Waals surface area contributed by atoms with Gasteiger partial charge in [-0.1, -0.05) is 31.9 Å². The SMILES string of the molecule is CCC(N)C(c1cccc(OC)c1)N(C)CC1CCCC1. The van der Waals surface area contributed by atoms with Gasteiger partial charge in [0.15, 0.2) is 0 Å². The molecule has 21 heavy (non-hydrogen) atoms. The highest BCUT2D eigenvalue weighted by Crippen LogP contribution is 2.31. The van der Waals surface area contributed by atoms with Crippen molar-refractivity contribution in [1.29, 1.82) is 0 Å². The second-order valence-electron chi connectivity index (χ2n) is 6.38. The average Bonchev–Trinajstić information content (AvgIpc) is 3.00. The molecule has 3 heteroatoms. The first-order valence-electron chi connectivity index (χ1n) is 8.25. The highest BCUT2D eigenvalue weighted by atomic mass is 16.5. The molecule has 0 amide bonds. The van der Waals surface area contributed by atoms with Crippen molar-refractivity contribution in [3.8, 4) is 5.75 Å². The molecule has 0 bridgehead atoms. The molecule has 2 atom stereocenters. The van der Waals surface area contributed by atoms with Crippen LogP contribution in [0.2, 0.25) is 0 Å². The fourth-order valence-corrected chi connectivity index (χ4v) is 3.59. The Kier molecular flexibility index (Phi) is 6.07. The molecule has 2 rings (SSSR count). The Balaban J connectivity index is 2.15. The van der Waals surface area contributed by atoms with E-state index < -0.39 is 0 Å². The maximum atomic E-state index is 6.43. The summed E-state index contributed by atoms with van der Waals surface area (Å²) in [6.45, 7) is 3.32. The van der Waals surface area contributed by atoms with Crippen LogP contribution < -0.4 is 10.5 Å². The second kappa shape index (κ2) is 7.81. The second-order valence-corrected chi connectivity index (χ2v) is 6.38. The summed E-state index contributed by atoms with van der Waals surface area (Å²) in [5, 5.41) is 0. The van der Waals surface area contributed by atoms with Gasteiger partial charge in [-0.2, -0.15) is 0 Å². The molecule has 3 nitrogen and oxygen atoms in total. The van der Waals surface area contributed by atoms with Crippen LogP contribution >= 0.6 is 0 Å². The Bertz CT molecular complexity index is 429. The molecule has 1 aromatic rings. The average molecular weight is 290 g/mol. The molecule has 2 N–H and O–H groups in total. The quantitative estimate of drug-likeness (QED) is 0.834. The van der Waals surface area contributed by atoms with E-state index in [9.17, 15) is 0 Å². The fraction of sp³-hybridized carbons (Fsp3) is 0.667. The molecular formula is C18H30N2O. The van der Waals surface area contributed by atoms with Gasteiger partial charge in [0.25, 0.3) is 0 Å². The summed E-state index contributed by atoms with van der Waals surface area (Å²) in [6, 6.07) is 8.79. The van der Waals surface area contributed by atoms with Gasteiger partial charge in [0.2, 0.25) is 0 Å². The lowest BCUT2D eigenvalue weighted by Gasteiger charge is -2.34. The van der Waals surface area contributed by atoms with Gasteiger partial charge in [-0.15, -0.1) is 0 Å². The van der Waals surface area contributed by atoms with Crippen molar-refractivity contribution < 1.29 is 4.74 Å². The molecule has 0 aromatic heterocycles. The van der Waals surface area contributed by atoms with Crippen LogP contribution in [0.25, 0.3) is 0 Å². The molecule has 2 unspecified atom stereocenters. The van der Waals surface area contributed by atoms with E-state index in [1.807, 2.05) is 6.07 Å². The van der Waals surface area contributed by atoms with Crippen LogP contribution in [0.3, 0.4) is 0 Å². The predicted octanol–water partition coefficient (Wildman–Crippen LogP) is 3.60. The molecule has 0 spiro atoms. The van der Waals surface area contributed by atoms with E-state index in [1.165, 1.54) is 31.2 Å². The molecule has 1 aliphatic carbocycles. The van der Waals surface area contributed by atoms with Crippen molar-refractivity contribution in [2.75, 3.05) is 20.7 Å². The minimum atomic E-state index is 0.156. The van der Waals surface area contributed by atoms with Crippen molar-refractivity contribution in [2.24, 2.45) is 11.7 Å². The highest BCUT2D eigenvalue weighted by Gasteiger charge is 2.26. The summed E-state index contributed by atoms with van der Waals surface area (Å²) in [4.78, 5) is 2.46. The number of ether oxygens (including phenoxy) is 1. The van der Waals surface area contributed by atoms with Crippen molar-refractivity contribution in [3.63, 3.8) is 0 Å². The molecule has 0 heterocycles. The Morgan fingerprint density at radius 2 is 2.05 bits per heavy atom. The van der Waals surface area contributed by atoms with Gasteiger partial charge in [-0.25, -0.2) is 0 Å². The van der Waals surface area contributed by atoms with E-state index in [2.05, 4.69) is 37.1 Å². The van der Waals surface area contributed by atoms with Crippen LogP contribution in [0.1, 0.15) is 50.6 Å². The van der Waals surface area contributed by atoms with E-state index >= 15 is 0 Å². The van der Waals surface area contributed by atoms with Crippen molar-refractivity contribution in [2.45, 2.75) is 51.1 Å². The number of likely N-dealkylation sites (N-methyl/N-ethyl adjacent to an activating group) is 1. The van der Waals surface area contributed by atoms with Gasteiger partial charge in [-0.3, -0.25) is 4.90 Å². The predicted molar refractivity (Wildman–Crippen MR) is 88.6 cm³/mol. The summed E-state index contributed by atoms with van der Waals surface area (Å²) < 4.78 is 5.37. The maximum absolute atomic E-state index is 6.43. The summed E-state index contributed by atoms with van der Waals surface area (Å²) in [5.74, 6) is 1.75. The Morgan fingerprint density at radius 3 is 2.67 bits per heavy atom. The standard InChI is InChI=1S/C18H30N2O/c1-4-17(19)18(15-10-7-11-16(12-15)21-3)20(2)13-14-8-5-6-9-14/h7,10-12,14,17-18H,4-6,8-9,13,19H2,1-3H3. The van der Waals surface area contributed by atoms with E-state index in [1.54, 1.807) is 7.11 Å². The number of nitrogens with zero attached hydrogens (tertiary/aromatic N) is 1. The molecule has 0 saturated heterocycles. The van der Waals surface area contributed by atoms with Crippen molar-refractivity contribution in [1.82, 2.24) is 4.90 Å². The number of hydrogen-bond donors (Lipinski definition) is 1. The lowest BCUT2D eigenvalue weighted by Crippen LogP contribution is -2.40. The summed E-state index contributed by atoms with van der Waals surface area (Å²) in [6.07, 6.45) is 6.51. The summed E-state index contributed by atoms with van der Waals surface area (Å²) >= 11 is 0. The number of hydrogen-bond acceptors (Lipinski definition) is 3. The first-order chi connectivity index (χ1) is 10.2. The first-order valence-corrected chi connectivity index (χ1v) is 8.25. The number of benzene rings is 1. The van der Waals surface area contributed by atoms with Crippen LogP contribution in [0, 0.1) is 5.92 Å². The lowest BCUT2D eigenvalue weighted by atomic mass is 9.95. The van der Waals surface area contributed by atoms with Crippen LogP contribution in [0.15, 0.2) is 24.3 Å².